The summed E-state index contributed by atoms with van der Waals surface area (Å²) in [7, 11) is 0. The van der Waals surface area contributed by atoms with Gasteiger partial charge in [0.2, 0.25) is 5.91 Å². The van der Waals surface area contributed by atoms with E-state index in [9.17, 15) is 18.0 Å². The highest BCUT2D eigenvalue weighted by Gasteiger charge is 2.70. The van der Waals surface area contributed by atoms with Gasteiger partial charge in [-0.3, -0.25) is 4.79 Å². The SMILES string of the molecule is N[C@@]12CC[C@@H]3CC(CN(C(=O)CC(F)(F)F)C3C13CC3)C2. The summed E-state index contributed by atoms with van der Waals surface area (Å²) in [6.07, 6.45) is 0.0911. The Morgan fingerprint density at radius 2 is 2.00 bits per heavy atom. The van der Waals surface area contributed by atoms with Crippen molar-refractivity contribution >= 4 is 5.91 Å². The summed E-state index contributed by atoms with van der Waals surface area (Å²) in [5.74, 6) is -0.0851. The number of nitrogens with two attached hydrogens (primary N) is 1. The molecule has 0 aromatic heterocycles. The van der Waals surface area contributed by atoms with E-state index in [-0.39, 0.29) is 22.9 Å². The molecule has 4 atom stereocenters. The highest BCUT2D eigenvalue weighted by Crippen LogP contribution is 2.69. The number of alkyl halides is 3. The van der Waals surface area contributed by atoms with Crippen molar-refractivity contribution in [2.45, 2.75) is 62.7 Å². The minimum absolute atomic E-state index is 0.0372. The fourth-order valence-electron chi connectivity index (χ4n) is 5.72. The third kappa shape index (κ3) is 1.87. The lowest BCUT2D eigenvalue weighted by molar-refractivity contribution is -0.168. The van der Waals surface area contributed by atoms with Crippen molar-refractivity contribution in [3.63, 3.8) is 0 Å². The first kappa shape index (κ1) is 13.9. The van der Waals surface area contributed by atoms with Crippen LogP contribution in [0.4, 0.5) is 13.2 Å². The molecule has 6 rings (SSSR count). The maximum Gasteiger partial charge on any atom is 0.397 e. The molecular formula is C15H21F3N2O. The summed E-state index contributed by atoms with van der Waals surface area (Å²) < 4.78 is 37.8. The Labute approximate surface area is 122 Å². The summed E-state index contributed by atoms with van der Waals surface area (Å²) in [6, 6.07) is -0.0372. The summed E-state index contributed by atoms with van der Waals surface area (Å²) >= 11 is 0. The zero-order valence-corrected chi connectivity index (χ0v) is 12.0. The standard InChI is InChI=1S/C15H21F3N2O/c16-15(17,18)7-11(21)20-8-9-5-10-1-2-14(19,6-9)13(3-4-13)12(10)20/h9-10,12H,1-8,19H2/t9?,10-,12?,14-/m1/s1. The lowest BCUT2D eigenvalue weighted by atomic mass is 9.64. The van der Waals surface area contributed by atoms with Gasteiger partial charge in [0.1, 0.15) is 6.42 Å². The number of rotatable bonds is 1. The van der Waals surface area contributed by atoms with Crippen LogP contribution in [-0.2, 0) is 4.79 Å². The van der Waals surface area contributed by atoms with E-state index in [4.69, 9.17) is 5.73 Å². The molecule has 118 valence electrons. The maximum atomic E-state index is 12.6. The van der Waals surface area contributed by atoms with Crippen LogP contribution in [0.1, 0.15) is 44.9 Å². The number of hydrogen-bond acceptors (Lipinski definition) is 2. The summed E-state index contributed by atoms with van der Waals surface area (Å²) in [6.45, 7) is 0.483. The van der Waals surface area contributed by atoms with Gasteiger partial charge in [0.25, 0.3) is 0 Å². The molecule has 3 nitrogen and oxygen atoms in total. The lowest BCUT2D eigenvalue weighted by Gasteiger charge is -2.52. The van der Waals surface area contributed by atoms with E-state index >= 15 is 0 Å². The molecule has 4 bridgehead atoms. The van der Waals surface area contributed by atoms with Crippen molar-refractivity contribution in [3.8, 4) is 0 Å². The smallest absolute Gasteiger partial charge is 0.338 e. The molecule has 6 fully saturated rings. The Hall–Kier alpha value is -0.780. The van der Waals surface area contributed by atoms with Gasteiger partial charge in [-0.25, -0.2) is 0 Å². The number of hydrogen-bond donors (Lipinski definition) is 1. The average molecular weight is 302 g/mol. The first-order valence-corrected chi connectivity index (χ1v) is 7.89. The summed E-state index contributed by atoms with van der Waals surface area (Å²) in [5, 5.41) is 0. The van der Waals surface area contributed by atoms with E-state index in [1.165, 1.54) is 0 Å². The summed E-state index contributed by atoms with van der Waals surface area (Å²) in [5.41, 5.74) is 6.36. The van der Waals surface area contributed by atoms with Crippen molar-refractivity contribution in [3.05, 3.63) is 0 Å². The molecule has 2 heterocycles. The molecule has 2 aliphatic heterocycles. The number of halogens is 3. The fraction of sp³-hybridized carbons (Fsp3) is 0.933. The molecule has 4 saturated carbocycles. The van der Waals surface area contributed by atoms with Crippen molar-refractivity contribution in [2.24, 2.45) is 23.0 Å². The molecule has 2 N–H and O–H groups in total. The maximum absolute atomic E-state index is 12.6. The zero-order valence-electron chi connectivity index (χ0n) is 12.0. The van der Waals surface area contributed by atoms with Crippen LogP contribution >= 0.6 is 0 Å². The Morgan fingerprint density at radius 1 is 1.29 bits per heavy atom. The van der Waals surface area contributed by atoms with Crippen LogP contribution < -0.4 is 5.73 Å². The van der Waals surface area contributed by atoms with Gasteiger partial charge in [0.05, 0.1) is 0 Å². The number of carbonyl (C=O) groups is 1. The van der Waals surface area contributed by atoms with Crippen LogP contribution in [0.2, 0.25) is 0 Å². The topological polar surface area (TPSA) is 46.3 Å². The molecule has 1 spiro atoms. The predicted molar refractivity (Wildman–Crippen MR) is 70.2 cm³/mol. The molecule has 1 amide bonds. The number of carbonyl (C=O) groups excluding carboxylic acids is 1. The first-order chi connectivity index (χ1) is 9.74. The Morgan fingerprint density at radius 3 is 2.62 bits per heavy atom. The molecule has 0 aromatic carbocycles. The fourth-order valence-corrected chi connectivity index (χ4v) is 5.72. The van der Waals surface area contributed by atoms with E-state index < -0.39 is 18.5 Å². The molecule has 4 aliphatic carbocycles. The Bertz CT molecular complexity index is 488. The van der Waals surface area contributed by atoms with Crippen molar-refractivity contribution < 1.29 is 18.0 Å². The summed E-state index contributed by atoms with van der Waals surface area (Å²) in [4.78, 5) is 13.8. The zero-order chi connectivity index (χ0) is 15.0. The second-order valence-electron chi connectivity index (χ2n) is 7.70. The Kier molecular flexibility index (Phi) is 2.60. The number of piperidine rings is 1. The van der Waals surface area contributed by atoms with Crippen LogP contribution in [0.3, 0.4) is 0 Å². The largest absolute Gasteiger partial charge is 0.397 e. The lowest BCUT2D eigenvalue weighted by Crippen LogP contribution is -2.62. The van der Waals surface area contributed by atoms with Gasteiger partial charge in [-0.05, 0) is 50.4 Å². The van der Waals surface area contributed by atoms with Crippen LogP contribution in [0.5, 0.6) is 0 Å². The molecule has 21 heavy (non-hydrogen) atoms. The van der Waals surface area contributed by atoms with Gasteiger partial charge in [-0.1, -0.05) is 0 Å². The Balaban J connectivity index is 1.68. The minimum atomic E-state index is -4.42. The molecular weight excluding hydrogens is 281 g/mol. The van der Waals surface area contributed by atoms with Crippen molar-refractivity contribution in [2.75, 3.05) is 6.54 Å². The molecule has 6 heteroatoms. The van der Waals surface area contributed by atoms with Crippen LogP contribution in [0, 0.1) is 17.3 Å². The highest BCUT2D eigenvalue weighted by molar-refractivity contribution is 5.77. The minimum Gasteiger partial charge on any atom is -0.338 e. The van der Waals surface area contributed by atoms with Gasteiger partial charge in [-0.2, -0.15) is 13.2 Å². The van der Waals surface area contributed by atoms with E-state index in [2.05, 4.69) is 0 Å². The number of fused-ring (bicyclic) bond motifs is 2. The van der Waals surface area contributed by atoms with Crippen molar-refractivity contribution in [1.29, 1.82) is 0 Å². The monoisotopic (exact) mass is 302 g/mol. The van der Waals surface area contributed by atoms with E-state index in [1.54, 1.807) is 4.90 Å². The van der Waals surface area contributed by atoms with Crippen LogP contribution in [0.15, 0.2) is 0 Å². The molecule has 6 aliphatic rings. The molecule has 0 radical (unpaired) electrons. The number of amides is 1. The van der Waals surface area contributed by atoms with Gasteiger partial charge < -0.3 is 10.6 Å². The average Bonchev–Trinajstić information content (AvgIpc) is 3.15. The van der Waals surface area contributed by atoms with Crippen LogP contribution in [0.25, 0.3) is 0 Å². The first-order valence-electron chi connectivity index (χ1n) is 7.89. The normalized spacial score (nSPS) is 43.2. The predicted octanol–water partition coefficient (Wildman–Crippen LogP) is 2.45. The molecule has 2 saturated heterocycles. The van der Waals surface area contributed by atoms with Crippen LogP contribution in [-0.4, -0.2) is 35.1 Å². The van der Waals surface area contributed by atoms with Gasteiger partial charge in [0, 0.05) is 23.5 Å². The number of nitrogens with zero attached hydrogens (tertiary/aromatic N) is 1. The van der Waals surface area contributed by atoms with E-state index in [1.807, 2.05) is 0 Å². The second-order valence-corrected chi connectivity index (χ2v) is 7.70. The molecule has 0 aromatic rings. The van der Waals surface area contributed by atoms with Gasteiger partial charge in [-0.15, -0.1) is 0 Å². The molecule has 2 unspecified atom stereocenters. The third-order valence-corrected chi connectivity index (χ3v) is 6.51. The van der Waals surface area contributed by atoms with E-state index in [0.717, 1.165) is 38.5 Å². The highest BCUT2D eigenvalue weighted by atomic mass is 19.4. The third-order valence-electron chi connectivity index (χ3n) is 6.51. The second kappa shape index (κ2) is 3.94. The van der Waals surface area contributed by atoms with E-state index in [0.29, 0.717) is 12.5 Å². The van der Waals surface area contributed by atoms with Gasteiger partial charge in [0.15, 0.2) is 0 Å². The van der Waals surface area contributed by atoms with Crippen molar-refractivity contribution in [1.82, 2.24) is 4.90 Å². The quantitative estimate of drug-likeness (QED) is 0.808. The van der Waals surface area contributed by atoms with Gasteiger partial charge >= 0.3 is 6.18 Å².